The Bertz CT molecular complexity index is 1360. The van der Waals surface area contributed by atoms with Crippen molar-refractivity contribution in [2.24, 2.45) is 0 Å². The van der Waals surface area contributed by atoms with E-state index in [1.807, 2.05) is 30.3 Å². The first-order valence-corrected chi connectivity index (χ1v) is 14.2. The average Bonchev–Trinajstić information content (AvgIpc) is 3.11. The van der Waals surface area contributed by atoms with Crippen molar-refractivity contribution in [3.8, 4) is 0 Å². The van der Waals surface area contributed by atoms with E-state index >= 15 is 0 Å². The Morgan fingerprint density at radius 3 is 2.66 bits per heavy atom. The molecule has 1 unspecified atom stereocenters. The molecule has 1 N–H and O–H groups in total. The quantitative estimate of drug-likeness (QED) is 0.329. The van der Waals surface area contributed by atoms with E-state index in [0.717, 1.165) is 33.4 Å². The third-order valence-corrected chi connectivity index (χ3v) is 8.65. The van der Waals surface area contributed by atoms with Crippen LogP contribution in [0.2, 0.25) is 5.02 Å². The topological polar surface area (TPSA) is 74.7 Å². The molecule has 1 amide bonds. The summed E-state index contributed by atoms with van der Waals surface area (Å²) in [5.41, 5.74) is 2.27. The number of amides is 1. The number of methoxy groups -OCH3 is 1. The Hall–Kier alpha value is -2.74. The van der Waals surface area contributed by atoms with E-state index in [9.17, 15) is 23.1 Å². The van der Waals surface area contributed by atoms with Crippen molar-refractivity contribution in [2.75, 3.05) is 33.8 Å². The van der Waals surface area contributed by atoms with Gasteiger partial charge in [-0.05, 0) is 41.8 Å². The zero-order chi connectivity index (χ0) is 29.3. The van der Waals surface area contributed by atoms with Crippen LogP contribution in [0.25, 0.3) is 0 Å². The third-order valence-electron chi connectivity index (χ3n) is 7.18. The van der Waals surface area contributed by atoms with Gasteiger partial charge < -0.3 is 24.2 Å². The number of aliphatic hydroxyl groups is 1. The van der Waals surface area contributed by atoms with E-state index in [4.69, 9.17) is 25.8 Å². The van der Waals surface area contributed by atoms with Crippen molar-refractivity contribution in [3.05, 3.63) is 87.9 Å². The highest BCUT2D eigenvalue weighted by Gasteiger charge is 2.50. The Labute approximate surface area is 244 Å². The van der Waals surface area contributed by atoms with Gasteiger partial charge in [0.2, 0.25) is 0 Å². The van der Waals surface area contributed by atoms with E-state index in [1.165, 1.54) is 24.4 Å². The number of hydrogen-bond acceptors (Lipinski definition) is 8. The predicted octanol–water partition coefficient (Wildman–Crippen LogP) is 5.04. The van der Waals surface area contributed by atoms with Crippen molar-refractivity contribution < 1.29 is 37.3 Å². The maximum absolute atomic E-state index is 14.1. The number of carbonyl (C=O) groups is 1. The highest BCUT2D eigenvalue weighted by molar-refractivity contribution is 7.98. The summed E-state index contributed by atoms with van der Waals surface area (Å²) in [5, 5.41) is 14.5. The van der Waals surface area contributed by atoms with E-state index in [0.29, 0.717) is 10.8 Å². The van der Waals surface area contributed by atoms with Crippen LogP contribution in [0.5, 0.6) is 0 Å². The lowest BCUT2D eigenvalue weighted by Gasteiger charge is -2.50. The van der Waals surface area contributed by atoms with E-state index in [2.05, 4.69) is 0 Å². The van der Waals surface area contributed by atoms with Gasteiger partial charge in [-0.15, -0.1) is 11.8 Å². The largest absolute Gasteiger partial charge is 0.466 e. The van der Waals surface area contributed by atoms with Gasteiger partial charge in [-0.2, -0.15) is 18.2 Å². The molecule has 0 saturated carbocycles. The molecule has 2 aromatic carbocycles. The standard InChI is InChI=1S/C28H29ClF3N3O5S/c1-17(28(30,31)32)33-15-35(34-11-10-22(36)26(25(34)27(33)37)40-16-39-13-12-38-2)24-18-7-5-8-21(29)20(18)14-41-23-9-4-3-6-19(23)24/h3-11,17,22,24,36H,12-16H2,1-2H3/t17-,22?,24+/m1/s1. The smallest absolute Gasteiger partial charge is 0.408 e. The first-order chi connectivity index (χ1) is 19.6. The van der Waals surface area contributed by atoms with Crippen LogP contribution in [0.3, 0.4) is 0 Å². The lowest BCUT2D eigenvalue weighted by Crippen LogP contribution is -2.62. The van der Waals surface area contributed by atoms with Crippen LogP contribution in [-0.2, 0) is 24.8 Å². The lowest BCUT2D eigenvalue weighted by atomic mass is 9.94. The summed E-state index contributed by atoms with van der Waals surface area (Å²) < 4.78 is 58.3. The van der Waals surface area contributed by atoms with E-state index in [-0.39, 0.29) is 31.5 Å². The monoisotopic (exact) mass is 611 g/mol. The zero-order valence-corrected chi connectivity index (χ0v) is 23.9. The number of ether oxygens (including phenoxy) is 3. The van der Waals surface area contributed by atoms with Gasteiger partial charge in [-0.1, -0.05) is 41.9 Å². The molecule has 3 heterocycles. The molecule has 0 bridgehead atoms. The predicted molar refractivity (Wildman–Crippen MR) is 146 cm³/mol. The molecule has 220 valence electrons. The minimum absolute atomic E-state index is 0.181. The van der Waals surface area contributed by atoms with Crippen LogP contribution in [0.1, 0.15) is 29.7 Å². The Morgan fingerprint density at radius 1 is 1.15 bits per heavy atom. The van der Waals surface area contributed by atoms with Gasteiger partial charge in [0.05, 0.1) is 25.9 Å². The number of hydrogen-bond donors (Lipinski definition) is 1. The second kappa shape index (κ2) is 12.2. The lowest BCUT2D eigenvalue weighted by molar-refractivity contribution is -0.204. The first kappa shape index (κ1) is 29.7. The molecule has 2 aromatic rings. The molecular weight excluding hydrogens is 583 g/mol. The van der Waals surface area contributed by atoms with Crippen LogP contribution in [0, 0.1) is 0 Å². The fraction of sp³-hybridized carbons (Fsp3) is 0.393. The second-order valence-corrected chi connectivity index (χ2v) is 11.0. The molecular formula is C28H29ClF3N3O5S. The Morgan fingerprint density at radius 2 is 1.90 bits per heavy atom. The molecule has 3 aliphatic heterocycles. The molecule has 13 heteroatoms. The molecule has 41 heavy (non-hydrogen) atoms. The molecule has 0 spiro atoms. The SMILES string of the molecule is COCCOCOC1=C2C(=O)N([C@H](C)C(F)(F)F)CN([C@@H]3c4ccccc4SCc4c(Cl)cccc43)N2C=CC1O. The second-order valence-electron chi connectivity index (χ2n) is 9.62. The Balaban J connectivity index is 1.66. The van der Waals surface area contributed by atoms with Crippen molar-refractivity contribution in [3.63, 3.8) is 0 Å². The fourth-order valence-electron chi connectivity index (χ4n) is 5.02. The summed E-state index contributed by atoms with van der Waals surface area (Å²) in [7, 11) is 1.50. The highest BCUT2D eigenvalue weighted by atomic mass is 35.5. The van der Waals surface area contributed by atoms with Crippen LogP contribution < -0.4 is 0 Å². The molecule has 5 rings (SSSR count). The maximum atomic E-state index is 14.1. The number of thioether (sulfide) groups is 1. The van der Waals surface area contributed by atoms with Gasteiger partial charge in [0.15, 0.2) is 18.2 Å². The van der Waals surface area contributed by atoms with Gasteiger partial charge in [0, 0.05) is 29.0 Å². The summed E-state index contributed by atoms with van der Waals surface area (Å²) in [4.78, 5) is 15.5. The number of aliphatic hydroxyl groups excluding tert-OH is 1. The summed E-state index contributed by atoms with van der Waals surface area (Å²) in [5.74, 6) is -0.576. The third kappa shape index (κ3) is 5.81. The molecule has 3 atom stereocenters. The van der Waals surface area contributed by atoms with Crippen LogP contribution in [-0.4, -0.2) is 78.0 Å². The number of hydrazine groups is 1. The zero-order valence-electron chi connectivity index (χ0n) is 22.3. The summed E-state index contributed by atoms with van der Waals surface area (Å²) in [6.07, 6.45) is -3.18. The summed E-state index contributed by atoms with van der Waals surface area (Å²) in [6, 6.07) is 10.4. The van der Waals surface area contributed by atoms with Crippen LogP contribution in [0.15, 0.2) is 71.1 Å². The van der Waals surface area contributed by atoms with E-state index in [1.54, 1.807) is 28.9 Å². The molecule has 1 saturated heterocycles. The molecule has 0 aromatic heterocycles. The number of fused-ring (bicyclic) bond motifs is 3. The number of rotatable bonds is 8. The average molecular weight is 612 g/mol. The highest BCUT2D eigenvalue weighted by Crippen LogP contribution is 2.47. The van der Waals surface area contributed by atoms with Gasteiger partial charge in [-0.3, -0.25) is 9.80 Å². The fourth-order valence-corrected chi connectivity index (χ4v) is 6.49. The summed E-state index contributed by atoms with van der Waals surface area (Å²) >= 11 is 8.22. The molecule has 8 nitrogen and oxygen atoms in total. The molecule has 0 aliphatic carbocycles. The molecule has 3 aliphatic rings. The maximum Gasteiger partial charge on any atom is 0.408 e. The minimum atomic E-state index is -4.70. The minimum Gasteiger partial charge on any atom is -0.466 e. The van der Waals surface area contributed by atoms with Crippen molar-refractivity contribution >= 4 is 29.3 Å². The number of nitrogens with zero attached hydrogens (tertiary/aromatic N) is 3. The van der Waals surface area contributed by atoms with Crippen molar-refractivity contribution in [1.82, 2.24) is 14.9 Å². The Kier molecular flexibility index (Phi) is 8.88. The van der Waals surface area contributed by atoms with Crippen molar-refractivity contribution in [1.29, 1.82) is 0 Å². The molecule has 0 radical (unpaired) electrons. The van der Waals surface area contributed by atoms with Crippen LogP contribution >= 0.6 is 23.4 Å². The number of carbonyl (C=O) groups excluding carboxylic acids is 1. The number of benzene rings is 2. The van der Waals surface area contributed by atoms with Crippen molar-refractivity contribution in [2.45, 2.75) is 41.9 Å². The van der Waals surface area contributed by atoms with Gasteiger partial charge in [0.1, 0.15) is 12.1 Å². The molecule has 1 fully saturated rings. The van der Waals surface area contributed by atoms with Gasteiger partial charge in [-0.25, -0.2) is 0 Å². The summed E-state index contributed by atoms with van der Waals surface area (Å²) in [6.45, 7) is 0.674. The number of halogens is 4. The first-order valence-electron chi connectivity index (χ1n) is 12.9. The normalized spacial score (nSPS) is 21.8. The van der Waals surface area contributed by atoms with Crippen LogP contribution in [0.4, 0.5) is 13.2 Å². The van der Waals surface area contributed by atoms with E-state index < -0.39 is 36.9 Å². The van der Waals surface area contributed by atoms with Gasteiger partial charge >= 0.3 is 6.18 Å². The number of alkyl halides is 3. The van der Waals surface area contributed by atoms with Gasteiger partial charge in [0.25, 0.3) is 5.91 Å².